The minimum absolute atomic E-state index is 0.129. The summed E-state index contributed by atoms with van der Waals surface area (Å²) >= 11 is 0. The van der Waals surface area contributed by atoms with Gasteiger partial charge in [0.25, 0.3) is 0 Å². The Bertz CT molecular complexity index is 838. The first kappa shape index (κ1) is 18.4. The molecule has 0 bridgehead atoms. The number of hydrogen-bond donors (Lipinski definition) is 2. The maximum absolute atomic E-state index is 12.6. The van der Waals surface area contributed by atoms with E-state index in [1.165, 1.54) is 36.7 Å². The molecule has 0 radical (unpaired) electrons. The van der Waals surface area contributed by atoms with Crippen molar-refractivity contribution in [3.8, 4) is 6.07 Å². The van der Waals surface area contributed by atoms with Crippen molar-refractivity contribution < 1.29 is 18.3 Å². The molecule has 2 N–H and O–H groups in total. The maximum atomic E-state index is 12.6. The van der Waals surface area contributed by atoms with Gasteiger partial charge in [0.2, 0.25) is 0 Å². The van der Waals surface area contributed by atoms with Gasteiger partial charge in [-0.15, -0.1) is 0 Å². The van der Waals surface area contributed by atoms with E-state index in [-0.39, 0.29) is 5.56 Å². The quantitative estimate of drug-likeness (QED) is 0.879. The van der Waals surface area contributed by atoms with Gasteiger partial charge in [0, 0.05) is 36.5 Å². The van der Waals surface area contributed by atoms with Crippen LogP contribution in [-0.2, 0) is 12.0 Å². The number of benzene rings is 1. The zero-order valence-electron chi connectivity index (χ0n) is 14.1. The van der Waals surface area contributed by atoms with Crippen LogP contribution in [0.25, 0.3) is 0 Å². The number of rotatable bonds is 4. The van der Waals surface area contributed by atoms with Crippen LogP contribution in [0.4, 0.5) is 13.2 Å². The Morgan fingerprint density at radius 2 is 1.85 bits per heavy atom. The molecule has 1 aromatic carbocycles. The highest BCUT2D eigenvalue weighted by molar-refractivity contribution is 5.43. The van der Waals surface area contributed by atoms with Crippen LogP contribution in [0.1, 0.15) is 29.2 Å². The van der Waals surface area contributed by atoms with Gasteiger partial charge in [-0.05, 0) is 17.2 Å². The van der Waals surface area contributed by atoms with Gasteiger partial charge in [-0.3, -0.25) is 4.98 Å². The Hall–Kier alpha value is -2.43. The summed E-state index contributed by atoms with van der Waals surface area (Å²) in [4.78, 5) is 4.03. The van der Waals surface area contributed by atoms with Crippen molar-refractivity contribution in [3.05, 3.63) is 65.0 Å². The normalized spacial score (nSPS) is 18.5. The number of aliphatic hydroxyl groups is 1. The van der Waals surface area contributed by atoms with E-state index in [1.54, 1.807) is 6.07 Å². The van der Waals surface area contributed by atoms with E-state index in [9.17, 15) is 18.3 Å². The molecule has 0 aliphatic carbocycles. The van der Waals surface area contributed by atoms with E-state index in [0.29, 0.717) is 29.8 Å². The molecule has 3 rings (SSSR count). The number of hydrogen-bond acceptors (Lipinski definition) is 4. The summed E-state index contributed by atoms with van der Waals surface area (Å²) in [5, 5.41) is 23.9. The molecule has 1 saturated heterocycles. The third-order valence-electron chi connectivity index (χ3n) is 4.97. The number of aromatic nitrogens is 1. The molecule has 2 heterocycles. The Morgan fingerprint density at radius 1 is 1.19 bits per heavy atom. The fraction of sp³-hybridized carbons (Fsp3) is 0.368. The Balaban J connectivity index is 2.06. The summed E-state index contributed by atoms with van der Waals surface area (Å²) in [7, 11) is 0. The fourth-order valence-electron chi connectivity index (χ4n) is 3.41. The van der Waals surface area contributed by atoms with Gasteiger partial charge in [0.05, 0.1) is 12.0 Å². The molecule has 1 aromatic heterocycles. The first-order chi connectivity index (χ1) is 12.2. The zero-order chi connectivity index (χ0) is 19.0. The van der Waals surface area contributed by atoms with Crippen LogP contribution < -0.4 is 5.32 Å². The number of pyridine rings is 1. The molecule has 7 heteroatoms. The van der Waals surface area contributed by atoms with Crippen molar-refractivity contribution in [2.45, 2.75) is 25.1 Å². The molecule has 0 saturated carbocycles. The van der Waals surface area contributed by atoms with Crippen LogP contribution in [-0.4, -0.2) is 29.4 Å². The van der Waals surface area contributed by atoms with Crippen LogP contribution in [0.5, 0.6) is 0 Å². The lowest BCUT2D eigenvalue weighted by Crippen LogP contribution is -2.63. The third kappa shape index (κ3) is 3.18. The van der Waals surface area contributed by atoms with E-state index in [1.807, 2.05) is 13.0 Å². The van der Waals surface area contributed by atoms with Gasteiger partial charge in [-0.25, -0.2) is 0 Å². The van der Waals surface area contributed by atoms with E-state index in [2.05, 4.69) is 10.3 Å². The van der Waals surface area contributed by atoms with Crippen LogP contribution in [0.3, 0.4) is 0 Å². The van der Waals surface area contributed by atoms with Crippen molar-refractivity contribution in [2.24, 2.45) is 5.41 Å². The minimum Gasteiger partial charge on any atom is -0.380 e. The van der Waals surface area contributed by atoms with E-state index >= 15 is 0 Å². The summed E-state index contributed by atoms with van der Waals surface area (Å²) in [6, 6.07) is 9.36. The average Bonchev–Trinajstić information content (AvgIpc) is 2.58. The molecule has 1 aliphatic rings. The van der Waals surface area contributed by atoms with Crippen molar-refractivity contribution in [2.75, 3.05) is 13.1 Å². The van der Waals surface area contributed by atoms with E-state index in [0.717, 1.165) is 0 Å². The monoisotopic (exact) mass is 361 g/mol. The molecular weight excluding hydrogens is 343 g/mol. The van der Waals surface area contributed by atoms with Crippen molar-refractivity contribution >= 4 is 0 Å². The lowest BCUT2D eigenvalue weighted by molar-refractivity contribution is -0.127. The lowest BCUT2D eigenvalue weighted by atomic mass is 9.63. The van der Waals surface area contributed by atoms with Crippen LogP contribution in [0.15, 0.2) is 42.7 Å². The van der Waals surface area contributed by atoms with Crippen molar-refractivity contribution in [1.82, 2.24) is 10.3 Å². The van der Waals surface area contributed by atoms with Crippen LogP contribution in [0, 0.1) is 16.7 Å². The molecule has 0 amide bonds. The molecule has 1 aliphatic heterocycles. The second-order valence-electron chi connectivity index (χ2n) is 6.94. The highest BCUT2D eigenvalue weighted by Gasteiger charge is 2.53. The van der Waals surface area contributed by atoms with Gasteiger partial charge >= 0.3 is 6.18 Å². The first-order valence-corrected chi connectivity index (χ1v) is 8.13. The smallest absolute Gasteiger partial charge is 0.380 e. The fourth-order valence-corrected chi connectivity index (χ4v) is 3.41. The Morgan fingerprint density at radius 3 is 2.35 bits per heavy atom. The van der Waals surface area contributed by atoms with Gasteiger partial charge in [-0.2, -0.15) is 18.4 Å². The highest BCUT2D eigenvalue weighted by Crippen LogP contribution is 2.47. The Kier molecular flexibility index (Phi) is 4.51. The number of halogens is 3. The number of alkyl halides is 3. The molecule has 0 unspecified atom stereocenters. The highest BCUT2D eigenvalue weighted by atomic mass is 19.4. The number of nitriles is 1. The van der Waals surface area contributed by atoms with E-state index in [4.69, 9.17) is 5.26 Å². The average molecular weight is 361 g/mol. The Labute approximate surface area is 149 Å². The van der Waals surface area contributed by atoms with Gasteiger partial charge < -0.3 is 10.4 Å². The van der Waals surface area contributed by atoms with E-state index < -0.39 is 23.6 Å². The molecule has 2 aromatic rings. The molecule has 0 spiro atoms. The largest absolute Gasteiger partial charge is 0.393 e. The lowest BCUT2D eigenvalue weighted by Gasteiger charge is -2.52. The predicted octanol–water partition coefficient (Wildman–Crippen LogP) is 2.90. The van der Waals surface area contributed by atoms with Gasteiger partial charge in [0.1, 0.15) is 11.7 Å². The summed E-state index contributed by atoms with van der Waals surface area (Å²) in [6.45, 7) is 2.96. The molecular formula is C19H18F3N3O. The number of nitrogens with zero attached hydrogens (tertiary/aromatic N) is 2. The molecule has 136 valence electrons. The van der Waals surface area contributed by atoms with Crippen molar-refractivity contribution in [3.63, 3.8) is 0 Å². The van der Waals surface area contributed by atoms with Crippen molar-refractivity contribution in [1.29, 1.82) is 5.26 Å². The first-order valence-electron chi connectivity index (χ1n) is 8.13. The topological polar surface area (TPSA) is 68.9 Å². The summed E-state index contributed by atoms with van der Waals surface area (Å²) in [5.74, 6) is 0. The summed E-state index contributed by atoms with van der Waals surface area (Å²) in [6.07, 6.45) is -2.41. The summed E-state index contributed by atoms with van der Waals surface area (Å²) < 4.78 is 37.7. The number of nitrogens with one attached hydrogen (secondary N) is 1. The minimum atomic E-state index is -4.28. The van der Waals surface area contributed by atoms with Gasteiger partial charge in [0.15, 0.2) is 0 Å². The second-order valence-corrected chi connectivity index (χ2v) is 6.94. The molecule has 26 heavy (non-hydrogen) atoms. The maximum Gasteiger partial charge on any atom is 0.393 e. The van der Waals surface area contributed by atoms with Gasteiger partial charge in [-0.1, -0.05) is 31.2 Å². The van der Waals surface area contributed by atoms with Crippen LogP contribution in [0.2, 0.25) is 0 Å². The van der Waals surface area contributed by atoms with Crippen LogP contribution >= 0.6 is 0 Å². The third-order valence-corrected chi connectivity index (χ3v) is 4.97. The predicted molar refractivity (Wildman–Crippen MR) is 89.1 cm³/mol. The zero-order valence-corrected chi connectivity index (χ0v) is 14.1. The second kappa shape index (κ2) is 6.38. The standard InChI is InChI=1S/C19H18F3N3O/c1-17(11-25-12-17)19(26,16-6-14(8-23)9-24-10-16)15-4-2-13(3-5-15)7-18(20,21)22/h2-6,9-10,25-26H,7,11-12H2,1H3/t19-/m0/s1. The molecule has 4 nitrogen and oxygen atoms in total. The molecule has 1 atom stereocenters. The molecule has 1 fully saturated rings. The summed E-state index contributed by atoms with van der Waals surface area (Å²) in [5.41, 5.74) is -0.688. The SMILES string of the molecule is CC1([C@](O)(c2ccc(CC(F)(F)F)cc2)c2cncc(C#N)c2)CNC1.